The van der Waals surface area contributed by atoms with E-state index in [2.05, 4.69) is 15.5 Å². The van der Waals surface area contributed by atoms with Crippen LogP contribution in [-0.2, 0) is 18.3 Å². The molecule has 0 radical (unpaired) electrons. The van der Waals surface area contributed by atoms with Gasteiger partial charge in [0, 0.05) is 19.5 Å². The van der Waals surface area contributed by atoms with Crippen molar-refractivity contribution in [1.29, 1.82) is 0 Å². The predicted octanol–water partition coefficient (Wildman–Crippen LogP) is 2.54. The van der Waals surface area contributed by atoms with Crippen molar-refractivity contribution in [3.05, 3.63) is 35.7 Å². The molecule has 1 saturated carbocycles. The average Bonchev–Trinajstić information content (AvgIpc) is 3.40. The van der Waals surface area contributed by atoms with Crippen LogP contribution in [0.1, 0.15) is 37.1 Å². The number of carbonyl (C=O) groups excluding carboxylic acids is 1. The Morgan fingerprint density at radius 2 is 2.08 bits per heavy atom. The molecule has 7 heteroatoms. The van der Waals surface area contributed by atoms with E-state index in [1.807, 2.05) is 42.8 Å². The lowest BCUT2D eigenvalue weighted by Crippen LogP contribution is -2.32. The van der Waals surface area contributed by atoms with E-state index in [9.17, 15) is 4.79 Å². The zero-order valence-corrected chi connectivity index (χ0v) is 15.7. The molecule has 1 aromatic carbocycles. The van der Waals surface area contributed by atoms with Gasteiger partial charge in [0.05, 0.1) is 12.4 Å². The Labute approximate surface area is 152 Å². The van der Waals surface area contributed by atoms with Gasteiger partial charge in [0.1, 0.15) is 11.6 Å². The number of benzene rings is 1. The maximum atomic E-state index is 12.3. The molecule has 3 rings (SSSR count). The summed E-state index contributed by atoms with van der Waals surface area (Å²) in [7, 11) is 3.63. The topological polar surface area (TPSA) is 69.0 Å². The molecule has 1 aliphatic rings. The van der Waals surface area contributed by atoms with Crippen molar-refractivity contribution in [1.82, 2.24) is 20.1 Å². The molecule has 0 bridgehead atoms. The molecule has 6 nitrogen and oxygen atoms in total. The Bertz CT molecular complexity index is 725. The first-order valence-corrected chi connectivity index (χ1v) is 9.43. The number of amides is 1. The Balaban J connectivity index is 1.45. The minimum atomic E-state index is -0.203. The summed E-state index contributed by atoms with van der Waals surface area (Å²) in [5, 5.41) is 12.1. The number of aromatic nitrogens is 3. The Hall–Kier alpha value is -2.02. The number of thioether (sulfide) groups is 1. The number of hydrogen-bond acceptors (Lipinski definition) is 5. The lowest BCUT2D eigenvalue weighted by atomic mass is 10.1. The van der Waals surface area contributed by atoms with Gasteiger partial charge < -0.3 is 14.6 Å². The van der Waals surface area contributed by atoms with E-state index in [4.69, 9.17) is 4.74 Å². The summed E-state index contributed by atoms with van der Waals surface area (Å²) in [6, 6.07) is 7.90. The van der Waals surface area contributed by atoms with Crippen molar-refractivity contribution in [2.24, 2.45) is 7.05 Å². The summed E-state index contributed by atoms with van der Waals surface area (Å²) in [5.41, 5.74) is 1.17. The summed E-state index contributed by atoms with van der Waals surface area (Å²) in [6.45, 7) is 2.51. The summed E-state index contributed by atoms with van der Waals surface area (Å²) in [5.74, 6) is 2.46. The van der Waals surface area contributed by atoms with E-state index in [1.54, 1.807) is 7.11 Å². The first-order chi connectivity index (χ1) is 12.1. The number of ether oxygens (including phenoxy) is 1. The van der Waals surface area contributed by atoms with Crippen molar-refractivity contribution in [2.75, 3.05) is 13.7 Å². The highest BCUT2D eigenvalue weighted by Gasteiger charge is 2.30. The van der Waals surface area contributed by atoms with E-state index in [1.165, 1.54) is 30.2 Å². The first kappa shape index (κ1) is 17.8. The van der Waals surface area contributed by atoms with Crippen LogP contribution in [-0.4, -0.2) is 39.6 Å². The van der Waals surface area contributed by atoms with Crippen molar-refractivity contribution in [3.8, 4) is 5.75 Å². The molecule has 0 saturated heterocycles. The van der Waals surface area contributed by atoms with Crippen LogP contribution in [0.4, 0.5) is 0 Å². The second kappa shape index (κ2) is 7.91. The fourth-order valence-corrected chi connectivity index (χ4v) is 3.45. The van der Waals surface area contributed by atoms with Crippen LogP contribution in [0, 0.1) is 0 Å². The first-order valence-electron chi connectivity index (χ1n) is 8.55. The third kappa shape index (κ3) is 4.54. The monoisotopic (exact) mass is 360 g/mol. The molecule has 1 heterocycles. The standard InChI is InChI=1S/C18H24N4O2S/c1-12(25-18-21-20-16(22(18)2)14-6-7-14)17(23)19-11-10-13-4-8-15(24-3)9-5-13/h4-5,8-9,12,14H,6-7,10-11H2,1-3H3,(H,19,23)/t12-/m1/s1. The van der Waals surface area contributed by atoms with Gasteiger partial charge in [-0.15, -0.1) is 10.2 Å². The number of carbonyl (C=O) groups is 1. The van der Waals surface area contributed by atoms with E-state index in [0.717, 1.165) is 23.2 Å². The summed E-state index contributed by atoms with van der Waals surface area (Å²) >= 11 is 1.46. The van der Waals surface area contributed by atoms with Crippen molar-refractivity contribution >= 4 is 17.7 Å². The molecule has 0 aliphatic heterocycles. The molecular formula is C18H24N4O2S. The third-order valence-electron chi connectivity index (χ3n) is 4.33. The minimum absolute atomic E-state index is 0.0227. The van der Waals surface area contributed by atoms with Gasteiger partial charge in [0.25, 0.3) is 0 Å². The van der Waals surface area contributed by atoms with Crippen LogP contribution < -0.4 is 10.1 Å². The predicted molar refractivity (Wildman–Crippen MR) is 98.0 cm³/mol. The fourth-order valence-electron chi connectivity index (χ4n) is 2.60. The molecule has 1 N–H and O–H groups in total. The van der Waals surface area contributed by atoms with E-state index in [0.29, 0.717) is 12.5 Å². The van der Waals surface area contributed by atoms with Gasteiger partial charge in [0.2, 0.25) is 5.91 Å². The average molecular weight is 360 g/mol. The largest absolute Gasteiger partial charge is 0.497 e. The summed E-state index contributed by atoms with van der Waals surface area (Å²) in [4.78, 5) is 12.3. The number of hydrogen-bond donors (Lipinski definition) is 1. The van der Waals surface area contributed by atoms with Crippen LogP contribution in [0.2, 0.25) is 0 Å². The molecule has 134 valence electrons. The Kier molecular flexibility index (Phi) is 5.63. The third-order valence-corrected chi connectivity index (χ3v) is 5.47. The minimum Gasteiger partial charge on any atom is -0.497 e. The van der Waals surface area contributed by atoms with Gasteiger partial charge in [-0.1, -0.05) is 23.9 Å². The molecular weight excluding hydrogens is 336 g/mol. The Morgan fingerprint density at radius 3 is 2.72 bits per heavy atom. The SMILES string of the molecule is COc1ccc(CCNC(=O)[C@@H](C)Sc2nnc(C3CC3)n2C)cc1. The summed E-state index contributed by atoms with van der Waals surface area (Å²) in [6.07, 6.45) is 3.18. The van der Waals surface area contributed by atoms with Crippen LogP contribution in [0.5, 0.6) is 5.75 Å². The molecule has 0 spiro atoms. The molecule has 1 fully saturated rings. The highest BCUT2D eigenvalue weighted by atomic mass is 32.2. The maximum Gasteiger partial charge on any atom is 0.233 e. The van der Waals surface area contributed by atoms with Gasteiger partial charge in [-0.2, -0.15) is 0 Å². The van der Waals surface area contributed by atoms with Gasteiger partial charge in [-0.3, -0.25) is 4.79 Å². The highest BCUT2D eigenvalue weighted by molar-refractivity contribution is 8.00. The molecule has 1 atom stereocenters. The fraction of sp³-hybridized carbons (Fsp3) is 0.500. The van der Waals surface area contributed by atoms with Crippen molar-refractivity contribution < 1.29 is 9.53 Å². The lowest BCUT2D eigenvalue weighted by molar-refractivity contribution is -0.120. The van der Waals surface area contributed by atoms with Gasteiger partial charge >= 0.3 is 0 Å². The molecule has 2 aromatic rings. The summed E-state index contributed by atoms with van der Waals surface area (Å²) < 4.78 is 7.16. The normalized spacial score (nSPS) is 15.0. The van der Waals surface area contributed by atoms with Crippen molar-refractivity contribution in [2.45, 2.75) is 42.5 Å². The van der Waals surface area contributed by atoms with Gasteiger partial charge in [-0.05, 0) is 43.9 Å². The van der Waals surface area contributed by atoms with Crippen molar-refractivity contribution in [3.63, 3.8) is 0 Å². The smallest absolute Gasteiger partial charge is 0.233 e. The zero-order chi connectivity index (χ0) is 17.8. The van der Waals surface area contributed by atoms with E-state index in [-0.39, 0.29) is 11.2 Å². The molecule has 1 amide bonds. The maximum absolute atomic E-state index is 12.3. The number of rotatable bonds is 8. The van der Waals surface area contributed by atoms with E-state index >= 15 is 0 Å². The number of nitrogens with one attached hydrogen (secondary N) is 1. The Morgan fingerprint density at radius 1 is 1.36 bits per heavy atom. The molecule has 25 heavy (non-hydrogen) atoms. The molecule has 1 aliphatic carbocycles. The van der Waals surface area contributed by atoms with E-state index < -0.39 is 0 Å². The highest BCUT2D eigenvalue weighted by Crippen LogP contribution is 2.39. The second-order valence-electron chi connectivity index (χ2n) is 6.32. The van der Waals surface area contributed by atoms with Gasteiger partial charge in [0.15, 0.2) is 5.16 Å². The lowest BCUT2D eigenvalue weighted by Gasteiger charge is -2.12. The second-order valence-corrected chi connectivity index (χ2v) is 7.63. The van der Waals surface area contributed by atoms with Crippen LogP contribution >= 0.6 is 11.8 Å². The number of methoxy groups -OCH3 is 1. The quantitative estimate of drug-likeness (QED) is 0.733. The molecule has 0 unspecified atom stereocenters. The van der Waals surface area contributed by atoms with Crippen LogP contribution in [0.25, 0.3) is 0 Å². The van der Waals surface area contributed by atoms with Gasteiger partial charge in [-0.25, -0.2) is 0 Å². The van der Waals surface area contributed by atoms with Crippen LogP contribution in [0.3, 0.4) is 0 Å². The zero-order valence-electron chi connectivity index (χ0n) is 14.9. The number of nitrogens with zero attached hydrogens (tertiary/aromatic N) is 3. The van der Waals surface area contributed by atoms with Crippen LogP contribution in [0.15, 0.2) is 29.4 Å². The molecule has 1 aromatic heterocycles.